The monoisotopic (exact) mass is 525 g/mol. The molecule has 4 rings (SSSR count). The van der Waals surface area contributed by atoms with Gasteiger partial charge in [0, 0.05) is 25.3 Å². The molecular formula is C19H21N6O6S3+. The van der Waals surface area contributed by atoms with E-state index in [2.05, 4.69) is 15.5 Å². The Labute approximate surface area is 205 Å². The highest BCUT2D eigenvalue weighted by Crippen LogP contribution is 2.40. The first-order chi connectivity index (χ1) is 16.3. The number of aliphatic carboxylic acids is 1. The number of hydrogen-bond acceptors (Lipinski definition) is 11. The molecule has 0 aromatic carbocycles. The Bertz CT molecular complexity index is 1220. The van der Waals surface area contributed by atoms with Crippen molar-refractivity contribution in [3.05, 3.63) is 32.9 Å². The van der Waals surface area contributed by atoms with E-state index in [4.69, 9.17) is 10.6 Å². The third-order valence-corrected chi connectivity index (χ3v) is 8.33. The highest BCUT2D eigenvalue weighted by molar-refractivity contribution is 8.00. The molecule has 0 saturated carbocycles. The summed E-state index contributed by atoms with van der Waals surface area (Å²) in [5.41, 5.74) is 8.62. The maximum absolute atomic E-state index is 13.0. The first-order valence-corrected chi connectivity index (χ1v) is 12.7. The second kappa shape index (κ2) is 9.69. The minimum Gasteiger partial charge on any atom is -0.476 e. The summed E-state index contributed by atoms with van der Waals surface area (Å²) >= 11 is 3.88. The number of hydrogen-bond donors (Lipinski definition) is 4. The number of aliphatic hydroxyl groups is 1. The molecule has 1 saturated heterocycles. The van der Waals surface area contributed by atoms with Gasteiger partial charge in [0.1, 0.15) is 24.2 Å². The summed E-state index contributed by atoms with van der Waals surface area (Å²) < 4.78 is 1.75. The van der Waals surface area contributed by atoms with Gasteiger partial charge in [-0.2, -0.15) is 4.57 Å². The number of aromatic nitrogens is 2. The first-order valence-electron chi connectivity index (χ1n) is 9.92. The van der Waals surface area contributed by atoms with Crippen molar-refractivity contribution in [3.8, 4) is 0 Å². The number of carboxylic acid groups (broad SMARTS) is 1. The number of thiazole rings is 2. The van der Waals surface area contributed by atoms with E-state index in [0.29, 0.717) is 17.9 Å². The average Bonchev–Trinajstić information content (AvgIpc) is 3.40. The summed E-state index contributed by atoms with van der Waals surface area (Å²) in [4.78, 5) is 48.9. The van der Waals surface area contributed by atoms with Gasteiger partial charge in [-0.1, -0.05) is 16.5 Å². The van der Waals surface area contributed by atoms with Gasteiger partial charge in [-0.25, -0.2) is 9.78 Å². The summed E-state index contributed by atoms with van der Waals surface area (Å²) in [7, 11) is 1.28. The van der Waals surface area contributed by atoms with Crippen molar-refractivity contribution in [1.29, 1.82) is 0 Å². The van der Waals surface area contributed by atoms with Crippen molar-refractivity contribution in [2.75, 3.05) is 25.2 Å². The Kier molecular flexibility index (Phi) is 6.88. The predicted octanol–water partition coefficient (Wildman–Crippen LogP) is -0.379. The van der Waals surface area contributed by atoms with Crippen LogP contribution < -0.4 is 15.6 Å². The lowest BCUT2D eigenvalue weighted by molar-refractivity contribution is -0.583. The molecule has 0 unspecified atom stereocenters. The fourth-order valence-corrected chi connectivity index (χ4v) is 6.59. The summed E-state index contributed by atoms with van der Waals surface area (Å²) in [6.45, 7) is 1.82. The molecule has 5 N–H and O–H groups in total. The Morgan fingerprint density at radius 1 is 1.44 bits per heavy atom. The zero-order valence-electron chi connectivity index (χ0n) is 18.0. The van der Waals surface area contributed by atoms with E-state index >= 15 is 0 Å². The number of aliphatic hydroxyl groups excluding tert-OH is 1. The van der Waals surface area contributed by atoms with Crippen LogP contribution in [0.3, 0.4) is 0 Å². The standard InChI is InChI=1S/C19H20N6O6S3/c1-8-11(3-4-26)34-7-24(8)10-6-32-17-13(16(28)25(17)14(10)18(29)30)22-15(27)12(23-31-2)9-5-33-19(20)21-9/h5,7,13,17,26H,3-4,6H2,1-2H3,(H3-,20,21,22,27,29,30)/p+1/b23-12-/t13-,17-/m1/s1. The first kappa shape index (κ1) is 24.1. The maximum atomic E-state index is 13.0. The molecule has 4 heterocycles. The van der Waals surface area contributed by atoms with E-state index in [1.165, 1.54) is 35.1 Å². The quantitative estimate of drug-likeness (QED) is 0.155. The molecule has 1 fully saturated rings. The van der Waals surface area contributed by atoms with Crippen LogP contribution in [0.1, 0.15) is 16.3 Å². The van der Waals surface area contributed by atoms with Crippen LogP contribution in [0.5, 0.6) is 0 Å². The van der Waals surface area contributed by atoms with Gasteiger partial charge in [-0.05, 0) is 0 Å². The molecule has 12 nitrogen and oxygen atoms in total. The lowest BCUT2D eigenvalue weighted by Crippen LogP contribution is -2.71. The van der Waals surface area contributed by atoms with Gasteiger partial charge in [0.2, 0.25) is 11.2 Å². The number of amides is 2. The number of nitrogens with two attached hydrogens (primary N) is 1. The zero-order valence-corrected chi connectivity index (χ0v) is 20.5. The number of rotatable bonds is 8. The second-order valence-corrected chi connectivity index (χ2v) is 10.2. The number of nitrogens with zero attached hydrogens (tertiary/aromatic N) is 4. The van der Waals surface area contributed by atoms with Crippen molar-refractivity contribution >= 4 is 68.8 Å². The lowest BCUT2D eigenvalue weighted by atomic mass is 10.0. The largest absolute Gasteiger partial charge is 0.476 e. The molecule has 2 atom stereocenters. The van der Waals surface area contributed by atoms with Gasteiger partial charge in [0.25, 0.3) is 11.8 Å². The smallest absolute Gasteiger partial charge is 0.359 e. The van der Waals surface area contributed by atoms with Gasteiger partial charge >= 0.3 is 5.97 Å². The van der Waals surface area contributed by atoms with Crippen molar-refractivity contribution in [3.63, 3.8) is 0 Å². The van der Waals surface area contributed by atoms with Crippen LogP contribution in [0.15, 0.2) is 21.7 Å². The van der Waals surface area contributed by atoms with Crippen molar-refractivity contribution in [2.24, 2.45) is 5.16 Å². The van der Waals surface area contributed by atoms with Crippen molar-refractivity contribution < 1.29 is 34.0 Å². The van der Waals surface area contributed by atoms with E-state index in [9.17, 15) is 24.6 Å². The number of anilines is 1. The summed E-state index contributed by atoms with van der Waals surface area (Å²) in [5.74, 6) is -2.15. The SMILES string of the molecule is CO/N=C(\C(=O)N[C@@H]1C(=O)N2C(C(=O)O)=C([n+]3csc(CCO)c3C)CS[C@H]12)c1csc(N)n1. The Morgan fingerprint density at radius 3 is 2.82 bits per heavy atom. The third-order valence-electron chi connectivity index (χ3n) is 5.29. The van der Waals surface area contributed by atoms with E-state index < -0.39 is 29.2 Å². The number of β-lactam (4-membered cyclic amide) rings is 1. The minimum atomic E-state index is -1.24. The van der Waals surface area contributed by atoms with Crippen molar-refractivity contribution in [2.45, 2.75) is 24.8 Å². The highest BCUT2D eigenvalue weighted by Gasteiger charge is 2.56. The molecule has 2 amide bonds. The Balaban J connectivity index is 1.59. The number of carbonyl (C=O) groups excluding carboxylic acids is 2. The molecule has 2 aromatic heterocycles. The number of carboxylic acids is 1. The molecule has 180 valence electrons. The fourth-order valence-electron chi connectivity index (χ4n) is 3.71. The molecular weight excluding hydrogens is 504 g/mol. The third kappa shape index (κ3) is 4.15. The van der Waals surface area contributed by atoms with Gasteiger partial charge in [-0.15, -0.1) is 23.1 Å². The maximum Gasteiger partial charge on any atom is 0.359 e. The van der Waals surface area contributed by atoms with Gasteiger partial charge < -0.3 is 26.1 Å². The van der Waals surface area contributed by atoms with Crippen LogP contribution in [0, 0.1) is 6.92 Å². The zero-order chi connectivity index (χ0) is 24.6. The number of carbonyl (C=O) groups is 3. The molecule has 2 aliphatic heterocycles. The van der Waals surface area contributed by atoms with Crippen LogP contribution >= 0.6 is 34.4 Å². The van der Waals surface area contributed by atoms with Crippen LogP contribution in [0.2, 0.25) is 0 Å². The molecule has 0 aliphatic carbocycles. The van der Waals surface area contributed by atoms with Crippen molar-refractivity contribution in [1.82, 2.24) is 15.2 Å². The van der Waals surface area contributed by atoms with Crippen LogP contribution in [-0.4, -0.2) is 74.5 Å². The fraction of sp³-hybridized carbons (Fsp3) is 0.368. The predicted molar refractivity (Wildman–Crippen MR) is 126 cm³/mol. The molecule has 15 heteroatoms. The normalized spacial score (nSPS) is 20.1. The summed E-state index contributed by atoms with van der Waals surface area (Å²) in [6.07, 6.45) is 0.460. The number of nitrogens with one attached hydrogen (secondary N) is 1. The van der Waals surface area contributed by atoms with Crippen LogP contribution in [-0.2, 0) is 25.6 Å². The molecule has 34 heavy (non-hydrogen) atoms. The van der Waals surface area contributed by atoms with Crippen LogP contribution in [0.25, 0.3) is 5.70 Å². The Hall–Kier alpha value is -3.01. The summed E-state index contributed by atoms with van der Waals surface area (Å²) in [6, 6.07) is -0.940. The topological polar surface area (TPSA) is 171 Å². The number of thioether (sulfide) groups is 1. The molecule has 0 radical (unpaired) electrons. The number of oxime groups is 1. The average molecular weight is 526 g/mol. The molecule has 2 aromatic rings. The van der Waals surface area contributed by atoms with E-state index in [0.717, 1.165) is 21.9 Å². The van der Waals surface area contributed by atoms with E-state index in [1.54, 1.807) is 15.5 Å². The lowest BCUT2D eigenvalue weighted by Gasteiger charge is -2.48. The van der Waals surface area contributed by atoms with Crippen LogP contribution in [0.4, 0.5) is 5.13 Å². The van der Waals surface area contributed by atoms with E-state index in [1.807, 2.05) is 6.92 Å². The molecule has 0 spiro atoms. The number of fused-ring (bicyclic) bond motifs is 1. The second-order valence-electron chi connectivity index (χ2n) is 7.23. The van der Waals surface area contributed by atoms with Gasteiger partial charge in [-0.3, -0.25) is 14.5 Å². The number of nitrogen functional groups attached to an aromatic ring is 1. The van der Waals surface area contributed by atoms with Gasteiger partial charge in [0.05, 0.1) is 10.6 Å². The molecule has 2 aliphatic rings. The Morgan fingerprint density at radius 2 is 2.21 bits per heavy atom. The van der Waals surface area contributed by atoms with E-state index in [-0.39, 0.29) is 28.8 Å². The highest BCUT2D eigenvalue weighted by atomic mass is 32.2. The molecule has 0 bridgehead atoms. The van der Waals surface area contributed by atoms with Gasteiger partial charge in [0.15, 0.2) is 22.2 Å². The summed E-state index contributed by atoms with van der Waals surface area (Å²) in [5, 5.41) is 26.7. The minimum absolute atomic E-state index is 0.0170.